The van der Waals surface area contributed by atoms with Crippen molar-refractivity contribution in [2.45, 2.75) is 5.60 Å². The van der Waals surface area contributed by atoms with E-state index in [4.69, 9.17) is 4.74 Å². The van der Waals surface area contributed by atoms with Gasteiger partial charge in [0.05, 0.1) is 5.92 Å². The first kappa shape index (κ1) is 18.7. The fraction of sp³-hybridized carbons (Fsp3) is 0.107. The van der Waals surface area contributed by atoms with Crippen molar-refractivity contribution in [3.05, 3.63) is 108 Å². The Kier molecular flexibility index (Phi) is 3.93. The van der Waals surface area contributed by atoms with Crippen LogP contribution in [-0.2, 0) is 15.1 Å². The first-order chi connectivity index (χ1) is 15.6. The SMILES string of the molecule is O=C1OC(c2ccc(O)c3ccccc23)(c2ccc(O)c3ccccc23)C2C=CC=CC12. The summed E-state index contributed by atoms with van der Waals surface area (Å²) in [4.78, 5) is 13.2. The first-order valence-corrected chi connectivity index (χ1v) is 10.6. The summed E-state index contributed by atoms with van der Waals surface area (Å²) in [5, 5.41) is 24.1. The van der Waals surface area contributed by atoms with Gasteiger partial charge in [-0.2, -0.15) is 0 Å². The Morgan fingerprint density at radius 1 is 0.656 bits per heavy atom. The van der Waals surface area contributed by atoms with Crippen LogP contribution in [0.25, 0.3) is 21.5 Å². The molecule has 6 rings (SSSR count). The maximum Gasteiger partial charge on any atom is 0.314 e. The molecule has 1 aliphatic heterocycles. The lowest BCUT2D eigenvalue weighted by atomic mass is 9.69. The van der Waals surface area contributed by atoms with Gasteiger partial charge in [0.2, 0.25) is 0 Å². The van der Waals surface area contributed by atoms with Crippen molar-refractivity contribution in [1.82, 2.24) is 0 Å². The molecule has 2 unspecified atom stereocenters. The van der Waals surface area contributed by atoms with Gasteiger partial charge in [-0.3, -0.25) is 4.79 Å². The molecule has 2 aliphatic rings. The molecule has 1 fully saturated rings. The highest BCUT2D eigenvalue weighted by Crippen LogP contribution is 2.55. The van der Waals surface area contributed by atoms with E-state index in [1.165, 1.54) is 0 Å². The van der Waals surface area contributed by atoms with Gasteiger partial charge in [-0.15, -0.1) is 0 Å². The highest BCUT2D eigenvalue weighted by molar-refractivity contribution is 5.97. The highest BCUT2D eigenvalue weighted by atomic mass is 16.6. The summed E-state index contributed by atoms with van der Waals surface area (Å²) in [5.41, 5.74) is 0.494. The van der Waals surface area contributed by atoms with Crippen LogP contribution >= 0.6 is 0 Å². The summed E-state index contributed by atoms with van der Waals surface area (Å²) in [6.07, 6.45) is 7.74. The molecule has 1 heterocycles. The zero-order valence-corrected chi connectivity index (χ0v) is 17.1. The van der Waals surface area contributed by atoms with Crippen LogP contribution in [0.4, 0.5) is 0 Å². The van der Waals surface area contributed by atoms with E-state index in [-0.39, 0.29) is 23.4 Å². The predicted molar refractivity (Wildman–Crippen MR) is 123 cm³/mol. The van der Waals surface area contributed by atoms with Gasteiger partial charge in [0.15, 0.2) is 5.60 Å². The van der Waals surface area contributed by atoms with Crippen LogP contribution in [0.15, 0.2) is 97.1 Å². The lowest BCUT2D eigenvalue weighted by Crippen LogP contribution is -2.35. The molecule has 0 radical (unpaired) electrons. The van der Waals surface area contributed by atoms with Crippen molar-refractivity contribution in [3.8, 4) is 11.5 Å². The number of phenolic OH excluding ortho intramolecular Hbond substituents is 2. The number of esters is 1. The topological polar surface area (TPSA) is 66.8 Å². The van der Waals surface area contributed by atoms with Gasteiger partial charge < -0.3 is 14.9 Å². The van der Waals surface area contributed by atoms with Gasteiger partial charge >= 0.3 is 5.97 Å². The van der Waals surface area contributed by atoms with Crippen molar-refractivity contribution in [2.75, 3.05) is 0 Å². The number of rotatable bonds is 2. The van der Waals surface area contributed by atoms with Crippen molar-refractivity contribution < 1.29 is 19.7 Å². The number of carbonyl (C=O) groups excluding carboxylic acids is 1. The minimum absolute atomic E-state index is 0.176. The molecule has 4 nitrogen and oxygen atoms in total. The quantitative estimate of drug-likeness (QED) is 0.417. The van der Waals surface area contributed by atoms with E-state index in [1.54, 1.807) is 12.1 Å². The average Bonchev–Trinajstić information content (AvgIpc) is 3.13. The number of allylic oxidation sites excluding steroid dienone is 2. The molecule has 4 aromatic carbocycles. The Hall–Kier alpha value is -4.05. The Bertz CT molecular complexity index is 1380. The van der Waals surface area contributed by atoms with Crippen LogP contribution in [0.3, 0.4) is 0 Å². The number of phenols is 2. The van der Waals surface area contributed by atoms with E-state index in [1.807, 2.05) is 85.0 Å². The van der Waals surface area contributed by atoms with Gasteiger partial charge in [-0.1, -0.05) is 85.0 Å². The minimum Gasteiger partial charge on any atom is -0.507 e. The van der Waals surface area contributed by atoms with Crippen LogP contribution in [0.5, 0.6) is 11.5 Å². The van der Waals surface area contributed by atoms with Gasteiger partial charge in [-0.25, -0.2) is 0 Å². The van der Waals surface area contributed by atoms with Crippen molar-refractivity contribution >= 4 is 27.5 Å². The molecular formula is C28H20O4. The van der Waals surface area contributed by atoms with Crippen LogP contribution < -0.4 is 0 Å². The smallest absolute Gasteiger partial charge is 0.314 e. The molecule has 0 spiro atoms. The molecular weight excluding hydrogens is 400 g/mol. The Balaban J connectivity index is 1.77. The van der Waals surface area contributed by atoms with Crippen molar-refractivity contribution in [2.24, 2.45) is 11.8 Å². The molecule has 32 heavy (non-hydrogen) atoms. The van der Waals surface area contributed by atoms with E-state index < -0.39 is 11.5 Å². The fourth-order valence-electron chi connectivity index (χ4n) is 5.34. The summed E-state index contributed by atoms with van der Waals surface area (Å²) in [6, 6.07) is 22.2. The molecule has 1 aliphatic carbocycles. The number of cyclic esters (lactones) is 1. The molecule has 4 heteroatoms. The second-order valence-electron chi connectivity index (χ2n) is 8.33. The minimum atomic E-state index is -1.12. The van der Waals surface area contributed by atoms with Crippen molar-refractivity contribution in [1.29, 1.82) is 0 Å². The Labute approximate surface area is 184 Å². The van der Waals surface area contributed by atoms with Crippen LogP contribution in [0.1, 0.15) is 11.1 Å². The number of hydrogen-bond acceptors (Lipinski definition) is 4. The number of aromatic hydroxyl groups is 2. The van der Waals surface area contributed by atoms with E-state index in [0.29, 0.717) is 10.8 Å². The van der Waals surface area contributed by atoms with Crippen LogP contribution in [-0.4, -0.2) is 16.2 Å². The Morgan fingerprint density at radius 3 is 1.72 bits per heavy atom. The molecule has 0 amide bonds. The van der Waals surface area contributed by atoms with Gasteiger partial charge in [0.25, 0.3) is 0 Å². The fourth-order valence-corrected chi connectivity index (χ4v) is 5.34. The van der Waals surface area contributed by atoms with Gasteiger partial charge in [0.1, 0.15) is 11.5 Å². The van der Waals surface area contributed by atoms with Gasteiger partial charge in [0, 0.05) is 27.8 Å². The van der Waals surface area contributed by atoms with Gasteiger partial charge in [-0.05, 0) is 22.9 Å². The average molecular weight is 420 g/mol. The monoisotopic (exact) mass is 420 g/mol. The molecule has 2 N–H and O–H groups in total. The molecule has 0 saturated carbocycles. The third-order valence-electron chi connectivity index (χ3n) is 6.74. The number of hydrogen-bond donors (Lipinski definition) is 2. The Morgan fingerprint density at radius 2 is 1.16 bits per heavy atom. The normalized spacial score (nSPS) is 21.1. The standard InChI is InChI=1S/C28H20O4/c29-25-15-13-23(17-7-1-3-9-19(17)25)28(22-12-6-5-11-21(22)27(31)32-28)24-14-16-26(30)20-10-4-2-8-18(20)24/h1-16,21-22,29-30H. The number of fused-ring (bicyclic) bond motifs is 3. The first-order valence-electron chi connectivity index (χ1n) is 10.6. The van der Waals surface area contributed by atoms with E-state index in [2.05, 4.69) is 0 Å². The van der Waals surface area contributed by atoms with Crippen molar-refractivity contribution in [3.63, 3.8) is 0 Å². The summed E-state index contributed by atoms with van der Waals surface area (Å²) in [6.45, 7) is 0. The summed E-state index contributed by atoms with van der Waals surface area (Å²) >= 11 is 0. The summed E-state index contributed by atoms with van der Waals surface area (Å²) < 4.78 is 6.36. The van der Waals surface area contributed by atoms with E-state index >= 15 is 0 Å². The largest absolute Gasteiger partial charge is 0.507 e. The van der Waals surface area contributed by atoms with Crippen LogP contribution in [0.2, 0.25) is 0 Å². The van der Waals surface area contributed by atoms with E-state index in [9.17, 15) is 15.0 Å². The zero-order chi connectivity index (χ0) is 21.9. The maximum atomic E-state index is 13.2. The molecule has 0 aromatic heterocycles. The highest BCUT2D eigenvalue weighted by Gasteiger charge is 2.57. The molecule has 0 bridgehead atoms. The second kappa shape index (κ2) is 6.72. The third kappa shape index (κ3) is 2.41. The maximum absolute atomic E-state index is 13.2. The second-order valence-corrected chi connectivity index (χ2v) is 8.33. The lowest BCUT2D eigenvalue weighted by Gasteiger charge is -2.36. The summed E-state index contributed by atoms with van der Waals surface area (Å²) in [5.74, 6) is -0.629. The number of carbonyl (C=O) groups is 1. The summed E-state index contributed by atoms with van der Waals surface area (Å²) in [7, 11) is 0. The molecule has 156 valence electrons. The zero-order valence-electron chi connectivity index (χ0n) is 17.1. The molecule has 4 aromatic rings. The van der Waals surface area contributed by atoms with E-state index in [0.717, 1.165) is 21.9 Å². The molecule has 2 atom stereocenters. The lowest BCUT2D eigenvalue weighted by molar-refractivity contribution is -0.148. The van der Waals surface area contributed by atoms with Crippen LogP contribution in [0, 0.1) is 11.8 Å². The number of ether oxygens (including phenoxy) is 1. The predicted octanol–water partition coefficient (Wildman–Crippen LogP) is 5.56. The molecule has 1 saturated heterocycles. The number of benzene rings is 4. The third-order valence-corrected chi connectivity index (χ3v) is 6.74.